The molecule has 0 heterocycles. The van der Waals surface area contributed by atoms with Gasteiger partial charge in [0.05, 0.1) is 17.0 Å². The van der Waals surface area contributed by atoms with Gasteiger partial charge in [0, 0.05) is 10.6 Å². The van der Waals surface area contributed by atoms with Crippen molar-refractivity contribution in [3.8, 4) is 0 Å². The Morgan fingerprint density at radius 2 is 1.76 bits per heavy atom. The van der Waals surface area contributed by atoms with Crippen molar-refractivity contribution in [1.29, 1.82) is 0 Å². The minimum absolute atomic E-state index is 0.185. The number of sulfonamides is 1. The first-order chi connectivity index (χ1) is 13.4. The average molecular weight is 457 g/mol. The van der Waals surface area contributed by atoms with E-state index in [2.05, 4.69) is 5.32 Å². The third kappa shape index (κ3) is 6.36. The number of benzene rings is 2. The van der Waals surface area contributed by atoms with Gasteiger partial charge >= 0.3 is 0 Å². The Hall–Kier alpha value is -1.76. The number of anilines is 1. The number of carbonyl (C=O) groups excluding carboxylic acids is 1. The summed E-state index contributed by atoms with van der Waals surface area (Å²) in [5, 5.41) is 3.53. The van der Waals surface area contributed by atoms with Crippen molar-refractivity contribution in [3.63, 3.8) is 0 Å². The van der Waals surface area contributed by atoms with Gasteiger partial charge in [0.2, 0.25) is 15.9 Å². The Labute approximate surface area is 183 Å². The summed E-state index contributed by atoms with van der Waals surface area (Å²) < 4.78 is 26.3. The lowest BCUT2D eigenvalue weighted by Crippen LogP contribution is -2.55. The fourth-order valence-corrected chi connectivity index (χ4v) is 4.90. The van der Waals surface area contributed by atoms with Crippen LogP contribution in [0.2, 0.25) is 10.0 Å². The third-order valence-electron chi connectivity index (χ3n) is 4.43. The molecule has 0 aliphatic rings. The maximum absolute atomic E-state index is 13.1. The molecule has 0 fully saturated rings. The van der Waals surface area contributed by atoms with Gasteiger partial charge in [-0.05, 0) is 50.5 Å². The number of nitrogens with zero attached hydrogens (tertiary/aromatic N) is 1. The van der Waals surface area contributed by atoms with Crippen LogP contribution in [-0.2, 0) is 21.2 Å². The number of rotatable bonds is 8. The first-order valence-electron chi connectivity index (χ1n) is 9.25. The SMILES string of the molecule is CC[C@H](C(=O)NC(C)(C)Cc1ccccc1)N(c1cc(Cl)ccc1Cl)S(C)(=O)=O. The molecule has 0 aliphatic carbocycles. The molecule has 0 saturated carbocycles. The monoisotopic (exact) mass is 456 g/mol. The highest BCUT2D eigenvalue weighted by Crippen LogP contribution is 2.33. The number of halogens is 2. The summed E-state index contributed by atoms with van der Waals surface area (Å²) in [5.74, 6) is -0.394. The van der Waals surface area contributed by atoms with Gasteiger partial charge in [0.25, 0.3) is 0 Å². The van der Waals surface area contributed by atoms with Crippen LogP contribution in [0.3, 0.4) is 0 Å². The van der Waals surface area contributed by atoms with Gasteiger partial charge in [-0.15, -0.1) is 0 Å². The highest BCUT2D eigenvalue weighted by molar-refractivity contribution is 7.92. The van der Waals surface area contributed by atoms with E-state index in [0.29, 0.717) is 11.4 Å². The van der Waals surface area contributed by atoms with Crippen molar-refractivity contribution in [1.82, 2.24) is 5.32 Å². The number of hydrogen-bond donors (Lipinski definition) is 1. The zero-order valence-electron chi connectivity index (χ0n) is 16.9. The topological polar surface area (TPSA) is 66.5 Å². The predicted molar refractivity (Wildman–Crippen MR) is 120 cm³/mol. The minimum Gasteiger partial charge on any atom is -0.349 e. The number of hydrogen-bond acceptors (Lipinski definition) is 3. The third-order valence-corrected chi connectivity index (χ3v) is 6.15. The van der Waals surface area contributed by atoms with E-state index in [4.69, 9.17) is 23.2 Å². The molecule has 29 heavy (non-hydrogen) atoms. The van der Waals surface area contributed by atoms with Gasteiger partial charge in [-0.3, -0.25) is 9.10 Å². The molecule has 0 saturated heterocycles. The zero-order valence-corrected chi connectivity index (χ0v) is 19.3. The minimum atomic E-state index is -3.80. The molecule has 8 heteroatoms. The Balaban J connectivity index is 2.34. The van der Waals surface area contributed by atoms with Gasteiger partial charge in [-0.1, -0.05) is 60.5 Å². The second-order valence-corrected chi connectivity index (χ2v) is 10.3. The van der Waals surface area contributed by atoms with Crippen LogP contribution >= 0.6 is 23.2 Å². The Bertz CT molecular complexity index is 963. The smallest absolute Gasteiger partial charge is 0.244 e. The Morgan fingerprint density at radius 1 is 1.14 bits per heavy atom. The fraction of sp³-hybridized carbons (Fsp3) is 0.381. The first kappa shape index (κ1) is 23.5. The number of amides is 1. The lowest BCUT2D eigenvalue weighted by Gasteiger charge is -2.34. The van der Waals surface area contributed by atoms with Crippen LogP contribution in [-0.4, -0.2) is 32.2 Å². The van der Waals surface area contributed by atoms with Gasteiger partial charge < -0.3 is 5.32 Å². The van der Waals surface area contributed by atoms with Gasteiger partial charge in [-0.25, -0.2) is 8.42 Å². The van der Waals surface area contributed by atoms with Crippen molar-refractivity contribution in [3.05, 3.63) is 64.1 Å². The van der Waals surface area contributed by atoms with Gasteiger partial charge in [-0.2, -0.15) is 0 Å². The molecule has 0 spiro atoms. The van der Waals surface area contributed by atoms with Crippen LogP contribution in [0.1, 0.15) is 32.8 Å². The highest BCUT2D eigenvalue weighted by Gasteiger charge is 2.35. The fourth-order valence-electron chi connectivity index (χ4n) is 3.26. The maximum Gasteiger partial charge on any atom is 0.244 e. The van der Waals surface area contributed by atoms with Crippen LogP contribution in [0.25, 0.3) is 0 Å². The van der Waals surface area contributed by atoms with E-state index in [9.17, 15) is 13.2 Å². The summed E-state index contributed by atoms with van der Waals surface area (Å²) >= 11 is 12.3. The van der Waals surface area contributed by atoms with E-state index in [1.54, 1.807) is 13.0 Å². The standard InChI is InChI=1S/C21H26Cl2N2O3S/c1-5-18(20(26)24-21(2,3)14-15-9-7-6-8-10-15)25(29(4,27)28)19-13-16(22)11-12-17(19)23/h6-13,18H,5,14H2,1-4H3,(H,24,26)/t18-/m1/s1. The lowest BCUT2D eigenvalue weighted by atomic mass is 9.94. The number of carbonyl (C=O) groups is 1. The van der Waals surface area contributed by atoms with Crippen LogP contribution < -0.4 is 9.62 Å². The molecule has 0 bridgehead atoms. The molecule has 5 nitrogen and oxygen atoms in total. The van der Waals surface area contributed by atoms with Crippen molar-refractivity contribution in [2.45, 2.75) is 45.2 Å². The van der Waals surface area contributed by atoms with E-state index in [1.165, 1.54) is 12.1 Å². The van der Waals surface area contributed by atoms with E-state index >= 15 is 0 Å². The quantitative estimate of drug-likeness (QED) is 0.626. The molecule has 0 unspecified atom stereocenters. The van der Waals surface area contributed by atoms with Crippen molar-refractivity contribution in [2.75, 3.05) is 10.6 Å². The summed E-state index contributed by atoms with van der Waals surface area (Å²) in [6, 6.07) is 13.4. The van der Waals surface area contributed by atoms with Gasteiger partial charge in [0.15, 0.2) is 0 Å². The maximum atomic E-state index is 13.1. The largest absolute Gasteiger partial charge is 0.349 e. The van der Waals surface area contributed by atoms with E-state index < -0.39 is 27.5 Å². The van der Waals surface area contributed by atoms with Crippen molar-refractivity contribution in [2.24, 2.45) is 0 Å². The summed E-state index contributed by atoms with van der Waals surface area (Å²) in [6.07, 6.45) is 1.92. The second-order valence-electron chi connectivity index (χ2n) is 7.61. The van der Waals surface area contributed by atoms with Crippen LogP contribution in [0.5, 0.6) is 0 Å². The molecule has 158 valence electrons. The predicted octanol–water partition coefficient (Wildman–Crippen LogP) is 4.68. The summed E-state index contributed by atoms with van der Waals surface area (Å²) in [4.78, 5) is 13.1. The van der Waals surface area contributed by atoms with Crippen LogP contribution in [0, 0.1) is 0 Å². The van der Waals surface area contributed by atoms with Crippen molar-refractivity contribution < 1.29 is 13.2 Å². The highest BCUT2D eigenvalue weighted by atomic mass is 35.5. The Morgan fingerprint density at radius 3 is 2.31 bits per heavy atom. The van der Waals surface area contributed by atoms with Crippen LogP contribution in [0.4, 0.5) is 5.69 Å². The molecule has 2 aromatic carbocycles. The summed E-state index contributed by atoms with van der Waals surface area (Å²) in [6.45, 7) is 5.56. The first-order valence-corrected chi connectivity index (χ1v) is 11.9. The van der Waals surface area contributed by atoms with E-state index in [1.807, 2.05) is 44.2 Å². The molecule has 0 radical (unpaired) electrons. The normalized spacial score (nSPS) is 13.0. The molecule has 1 N–H and O–H groups in total. The second kappa shape index (κ2) is 9.37. The number of nitrogens with one attached hydrogen (secondary N) is 1. The van der Waals surface area contributed by atoms with E-state index in [0.717, 1.165) is 16.1 Å². The molecule has 2 aromatic rings. The molecular weight excluding hydrogens is 431 g/mol. The van der Waals surface area contributed by atoms with Gasteiger partial charge in [0.1, 0.15) is 6.04 Å². The van der Waals surface area contributed by atoms with E-state index in [-0.39, 0.29) is 17.1 Å². The van der Waals surface area contributed by atoms with Crippen molar-refractivity contribution >= 4 is 44.8 Å². The molecular formula is C21H26Cl2N2O3S. The zero-order chi connectivity index (χ0) is 21.8. The summed E-state index contributed by atoms with van der Waals surface area (Å²) in [5.41, 5.74) is 0.681. The lowest BCUT2D eigenvalue weighted by molar-refractivity contribution is -0.123. The molecule has 2 rings (SSSR count). The van der Waals surface area contributed by atoms with Crippen LogP contribution in [0.15, 0.2) is 48.5 Å². The summed E-state index contributed by atoms with van der Waals surface area (Å²) in [7, 11) is -3.80. The average Bonchev–Trinajstić information content (AvgIpc) is 2.60. The molecule has 1 atom stereocenters. The Kier molecular flexibility index (Phi) is 7.60. The molecule has 1 amide bonds. The molecule has 0 aliphatic heterocycles. The molecule has 0 aromatic heterocycles.